The van der Waals surface area contributed by atoms with Crippen molar-refractivity contribution in [3.8, 4) is 0 Å². The van der Waals surface area contributed by atoms with Crippen molar-refractivity contribution in [2.75, 3.05) is 11.9 Å². The fourth-order valence-electron chi connectivity index (χ4n) is 2.74. The smallest absolute Gasteiger partial charge is 0.0453 e. The molecule has 1 heterocycles. The van der Waals surface area contributed by atoms with Gasteiger partial charge in [-0.1, -0.05) is 39.7 Å². The summed E-state index contributed by atoms with van der Waals surface area (Å²) >= 11 is 9.85. The second-order valence-electron chi connectivity index (χ2n) is 5.19. The maximum absolute atomic E-state index is 6.33. The lowest BCUT2D eigenvalue weighted by molar-refractivity contribution is 0.234. The van der Waals surface area contributed by atoms with Gasteiger partial charge in [0.15, 0.2) is 0 Å². The number of likely N-dealkylation sites (tertiary alicyclic amines) is 1. The van der Waals surface area contributed by atoms with Crippen molar-refractivity contribution in [2.45, 2.75) is 45.2 Å². The van der Waals surface area contributed by atoms with Gasteiger partial charge in [0.05, 0.1) is 0 Å². The first-order valence-corrected chi connectivity index (χ1v) is 8.25. The molecule has 1 unspecified atom stereocenters. The monoisotopic (exact) mass is 329 g/mol. The normalized spacial score (nSPS) is 20.5. The molecule has 0 amide bonds. The molecular formula is C15H21BrClN. The molecule has 3 heteroatoms. The summed E-state index contributed by atoms with van der Waals surface area (Å²) < 4.78 is 0. The predicted molar refractivity (Wildman–Crippen MR) is 82.6 cm³/mol. The number of halogens is 2. The van der Waals surface area contributed by atoms with E-state index in [1.165, 1.54) is 43.4 Å². The molecule has 0 saturated carbocycles. The third kappa shape index (κ3) is 3.72. The maximum atomic E-state index is 6.33. The highest BCUT2D eigenvalue weighted by molar-refractivity contribution is 9.09. The number of hydrogen-bond acceptors (Lipinski definition) is 1. The summed E-state index contributed by atoms with van der Waals surface area (Å²) in [4.78, 5) is 2.60. The maximum Gasteiger partial charge on any atom is 0.0453 e. The van der Waals surface area contributed by atoms with Gasteiger partial charge in [-0.25, -0.2) is 0 Å². The minimum atomic E-state index is 0.750. The molecule has 1 aromatic rings. The Morgan fingerprint density at radius 1 is 1.44 bits per heavy atom. The predicted octanol–water partition coefficient (Wildman–Crippen LogP) is 4.79. The van der Waals surface area contributed by atoms with E-state index >= 15 is 0 Å². The van der Waals surface area contributed by atoms with E-state index in [0.717, 1.165) is 22.9 Å². The van der Waals surface area contributed by atoms with Crippen molar-refractivity contribution in [1.82, 2.24) is 4.90 Å². The van der Waals surface area contributed by atoms with Gasteiger partial charge in [0, 0.05) is 22.9 Å². The fourth-order valence-corrected chi connectivity index (χ4v) is 3.36. The molecule has 0 aliphatic carbocycles. The van der Waals surface area contributed by atoms with Crippen LogP contribution in [0.1, 0.15) is 36.8 Å². The Bertz CT molecular complexity index is 394. The number of alkyl halides is 1. The third-order valence-electron chi connectivity index (χ3n) is 3.75. The molecule has 0 bridgehead atoms. The molecule has 1 fully saturated rings. The van der Waals surface area contributed by atoms with Crippen LogP contribution in [0.25, 0.3) is 0 Å². The van der Waals surface area contributed by atoms with Crippen LogP contribution in [-0.4, -0.2) is 22.8 Å². The Kier molecular flexibility index (Phi) is 5.53. The van der Waals surface area contributed by atoms with Crippen LogP contribution in [0.4, 0.5) is 0 Å². The number of nitrogens with zero attached hydrogens (tertiary/aromatic N) is 1. The van der Waals surface area contributed by atoms with Crippen LogP contribution in [0, 0.1) is 6.92 Å². The van der Waals surface area contributed by atoms with Gasteiger partial charge in [0.1, 0.15) is 0 Å². The van der Waals surface area contributed by atoms with Gasteiger partial charge in [0.2, 0.25) is 0 Å². The summed E-state index contributed by atoms with van der Waals surface area (Å²) in [5, 5.41) is 2.03. The van der Waals surface area contributed by atoms with Crippen molar-refractivity contribution in [2.24, 2.45) is 0 Å². The molecule has 1 aromatic carbocycles. The summed E-state index contributed by atoms with van der Waals surface area (Å²) in [6, 6.07) is 7.16. The first-order chi connectivity index (χ1) is 8.70. The second kappa shape index (κ2) is 6.93. The average molecular weight is 331 g/mol. The van der Waals surface area contributed by atoms with Gasteiger partial charge in [-0.15, -0.1) is 0 Å². The zero-order valence-corrected chi connectivity index (χ0v) is 13.3. The first-order valence-electron chi connectivity index (χ1n) is 6.75. The van der Waals surface area contributed by atoms with Gasteiger partial charge >= 0.3 is 0 Å². The van der Waals surface area contributed by atoms with Gasteiger partial charge in [-0.3, -0.25) is 4.90 Å². The zero-order valence-electron chi connectivity index (χ0n) is 11.0. The van der Waals surface area contributed by atoms with E-state index in [2.05, 4.69) is 46.0 Å². The Morgan fingerprint density at radius 2 is 2.28 bits per heavy atom. The SMILES string of the molecule is Cc1ccc(CN2CCCC2CCCBr)c(Cl)c1. The first kappa shape index (κ1) is 14.4. The Balaban J connectivity index is 1.99. The largest absolute Gasteiger partial charge is 0.296 e. The highest BCUT2D eigenvalue weighted by atomic mass is 79.9. The summed E-state index contributed by atoms with van der Waals surface area (Å²) in [6.07, 6.45) is 5.24. The quantitative estimate of drug-likeness (QED) is 0.702. The topological polar surface area (TPSA) is 3.24 Å². The van der Waals surface area contributed by atoms with Gasteiger partial charge in [0.25, 0.3) is 0 Å². The van der Waals surface area contributed by atoms with Crippen molar-refractivity contribution in [3.63, 3.8) is 0 Å². The molecule has 2 rings (SSSR count). The van der Waals surface area contributed by atoms with Crippen molar-refractivity contribution in [3.05, 3.63) is 34.3 Å². The van der Waals surface area contributed by atoms with E-state index in [-0.39, 0.29) is 0 Å². The molecule has 1 aliphatic rings. The van der Waals surface area contributed by atoms with Crippen LogP contribution >= 0.6 is 27.5 Å². The van der Waals surface area contributed by atoms with Gasteiger partial charge < -0.3 is 0 Å². The molecule has 1 atom stereocenters. The number of hydrogen-bond donors (Lipinski definition) is 0. The van der Waals surface area contributed by atoms with E-state index < -0.39 is 0 Å². The zero-order chi connectivity index (χ0) is 13.0. The Labute approximate surface area is 124 Å². The van der Waals surface area contributed by atoms with Crippen LogP contribution in [0.2, 0.25) is 5.02 Å². The van der Waals surface area contributed by atoms with E-state index in [0.29, 0.717) is 0 Å². The molecule has 0 radical (unpaired) electrons. The highest BCUT2D eigenvalue weighted by Crippen LogP contribution is 2.26. The van der Waals surface area contributed by atoms with E-state index in [1.54, 1.807) is 0 Å². The van der Waals surface area contributed by atoms with Crippen LogP contribution in [0.5, 0.6) is 0 Å². The standard InChI is InChI=1S/C15H21BrClN/c1-12-6-7-13(15(17)10-12)11-18-9-3-5-14(18)4-2-8-16/h6-7,10,14H,2-5,8-9,11H2,1H3. The minimum absolute atomic E-state index is 0.750. The molecule has 0 N–H and O–H groups in total. The number of rotatable bonds is 5. The van der Waals surface area contributed by atoms with Crippen molar-refractivity contribution < 1.29 is 0 Å². The Morgan fingerprint density at radius 3 is 3.00 bits per heavy atom. The van der Waals surface area contributed by atoms with E-state index in [9.17, 15) is 0 Å². The van der Waals surface area contributed by atoms with Gasteiger partial charge in [-0.05, 0) is 56.3 Å². The lowest BCUT2D eigenvalue weighted by atomic mass is 10.1. The average Bonchev–Trinajstić information content (AvgIpc) is 2.77. The van der Waals surface area contributed by atoms with E-state index in [4.69, 9.17) is 11.6 Å². The van der Waals surface area contributed by atoms with Crippen LogP contribution < -0.4 is 0 Å². The summed E-state index contributed by atoms with van der Waals surface area (Å²) in [5.41, 5.74) is 2.51. The number of aryl methyl sites for hydroxylation is 1. The molecule has 18 heavy (non-hydrogen) atoms. The van der Waals surface area contributed by atoms with Crippen molar-refractivity contribution in [1.29, 1.82) is 0 Å². The third-order valence-corrected chi connectivity index (χ3v) is 4.66. The molecule has 1 nitrogen and oxygen atoms in total. The molecule has 1 aliphatic heterocycles. The highest BCUT2D eigenvalue weighted by Gasteiger charge is 2.24. The second-order valence-corrected chi connectivity index (χ2v) is 6.39. The van der Waals surface area contributed by atoms with Crippen molar-refractivity contribution >= 4 is 27.5 Å². The summed E-state index contributed by atoms with van der Waals surface area (Å²) in [7, 11) is 0. The lowest BCUT2D eigenvalue weighted by Gasteiger charge is -2.24. The lowest BCUT2D eigenvalue weighted by Crippen LogP contribution is -2.29. The molecule has 1 saturated heterocycles. The number of benzene rings is 1. The minimum Gasteiger partial charge on any atom is -0.296 e. The molecule has 0 aromatic heterocycles. The van der Waals surface area contributed by atoms with E-state index in [1.807, 2.05) is 0 Å². The Hall–Kier alpha value is -0.0500. The fraction of sp³-hybridized carbons (Fsp3) is 0.600. The van der Waals surface area contributed by atoms with Crippen LogP contribution in [0.15, 0.2) is 18.2 Å². The summed E-state index contributed by atoms with van der Waals surface area (Å²) in [5.74, 6) is 0. The van der Waals surface area contributed by atoms with Crippen LogP contribution in [0.3, 0.4) is 0 Å². The molecule has 100 valence electrons. The van der Waals surface area contributed by atoms with Gasteiger partial charge in [-0.2, -0.15) is 0 Å². The molecule has 0 spiro atoms. The molecular weight excluding hydrogens is 310 g/mol. The summed E-state index contributed by atoms with van der Waals surface area (Å²) in [6.45, 7) is 4.31. The van der Waals surface area contributed by atoms with Crippen LogP contribution in [-0.2, 0) is 6.54 Å².